The predicted molar refractivity (Wildman–Crippen MR) is 75.3 cm³/mol. The maximum absolute atomic E-state index is 11.9. The molecule has 102 valence electrons. The van der Waals surface area contributed by atoms with Crippen LogP contribution in [0.3, 0.4) is 0 Å². The fourth-order valence-corrected chi connectivity index (χ4v) is 2.23. The molecular formula is C15H20N2O2. The zero-order valence-corrected chi connectivity index (χ0v) is 11.3. The SMILES string of the molecule is CCCCCCNC(=O)c1ccc2c(c1)CC(=O)N2. The van der Waals surface area contributed by atoms with Crippen molar-refractivity contribution in [3.05, 3.63) is 29.3 Å². The quantitative estimate of drug-likeness (QED) is 0.772. The van der Waals surface area contributed by atoms with Gasteiger partial charge in [0.15, 0.2) is 0 Å². The molecule has 0 bridgehead atoms. The Labute approximate surface area is 113 Å². The lowest BCUT2D eigenvalue weighted by Gasteiger charge is -2.06. The van der Waals surface area contributed by atoms with Crippen LogP contribution in [0.4, 0.5) is 5.69 Å². The minimum Gasteiger partial charge on any atom is -0.352 e. The van der Waals surface area contributed by atoms with Gasteiger partial charge in [0.25, 0.3) is 5.91 Å². The van der Waals surface area contributed by atoms with E-state index in [-0.39, 0.29) is 11.8 Å². The number of unbranched alkanes of at least 4 members (excludes halogenated alkanes) is 3. The summed E-state index contributed by atoms with van der Waals surface area (Å²) in [5, 5.41) is 5.68. The van der Waals surface area contributed by atoms with Crippen LogP contribution < -0.4 is 10.6 Å². The number of hydrogen-bond acceptors (Lipinski definition) is 2. The van der Waals surface area contributed by atoms with Crippen LogP contribution >= 0.6 is 0 Å². The molecular weight excluding hydrogens is 240 g/mol. The summed E-state index contributed by atoms with van der Waals surface area (Å²) in [6.07, 6.45) is 4.94. The third-order valence-electron chi connectivity index (χ3n) is 3.31. The Morgan fingerprint density at radius 1 is 1.32 bits per heavy atom. The molecule has 0 spiro atoms. The van der Waals surface area contributed by atoms with Crippen molar-refractivity contribution in [1.29, 1.82) is 0 Å². The summed E-state index contributed by atoms with van der Waals surface area (Å²) in [7, 11) is 0. The molecule has 2 rings (SSSR count). The standard InChI is InChI=1S/C15H20N2O2/c1-2-3-4-5-8-16-15(19)11-6-7-13-12(9-11)10-14(18)17-13/h6-7,9H,2-5,8,10H2,1H3,(H,16,19)(H,17,18). The third kappa shape index (κ3) is 3.56. The Balaban J connectivity index is 1.86. The average molecular weight is 260 g/mol. The minimum absolute atomic E-state index is 0.00729. The summed E-state index contributed by atoms with van der Waals surface area (Å²) in [6.45, 7) is 2.88. The first-order valence-electron chi connectivity index (χ1n) is 6.91. The van der Waals surface area contributed by atoms with Gasteiger partial charge in [0, 0.05) is 17.8 Å². The molecule has 1 aliphatic heterocycles. The number of amides is 2. The van der Waals surface area contributed by atoms with Gasteiger partial charge in [-0.1, -0.05) is 26.2 Å². The van der Waals surface area contributed by atoms with Crippen LogP contribution in [0.5, 0.6) is 0 Å². The smallest absolute Gasteiger partial charge is 0.251 e. The molecule has 0 unspecified atom stereocenters. The van der Waals surface area contributed by atoms with E-state index in [1.165, 1.54) is 12.8 Å². The number of anilines is 1. The van der Waals surface area contributed by atoms with Crippen LogP contribution in [0.1, 0.15) is 48.5 Å². The highest BCUT2D eigenvalue weighted by atomic mass is 16.2. The number of fused-ring (bicyclic) bond motifs is 1. The van der Waals surface area contributed by atoms with Gasteiger partial charge < -0.3 is 10.6 Å². The molecule has 19 heavy (non-hydrogen) atoms. The predicted octanol–water partition coefficient (Wildman–Crippen LogP) is 2.49. The van der Waals surface area contributed by atoms with Crippen molar-refractivity contribution < 1.29 is 9.59 Å². The minimum atomic E-state index is -0.0568. The van der Waals surface area contributed by atoms with Gasteiger partial charge in [0.1, 0.15) is 0 Å². The van der Waals surface area contributed by atoms with Gasteiger partial charge in [-0.05, 0) is 30.2 Å². The highest BCUT2D eigenvalue weighted by Crippen LogP contribution is 2.23. The largest absolute Gasteiger partial charge is 0.352 e. The molecule has 4 heteroatoms. The lowest BCUT2D eigenvalue weighted by Crippen LogP contribution is -2.24. The molecule has 4 nitrogen and oxygen atoms in total. The lowest BCUT2D eigenvalue weighted by molar-refractivity contribution is -0.115. The van der Waals surface area contributed by atoms with Gasteiger partial charge in [-0.15, -0.1) is 0 Å². The molecule has 0 atom stereocenters. The number of rotatable bonds is 6. The maximum Gasteiger partial charge on any atom is 0.251 e. The third-order valence-corrected chi connectivity index (χ3v) is 3.31. The first-order valence-corrected chi connectivity index (χ1v) is 6.91. The highest BCUT2D eigenvalue weighted by molar-refractivity contribution is 6.01. The van der Waals surface area contributed by atoms with Gasteiger partial charge in [0.05, 0.1) is 6.42 Å². The van der Waals surface area contributed by atoms with Crippen LogP contribution in [-0.4, -0.2) is 18.4 Å². The van der Waals surface area contributed by atoms with Crippen LogP contribution in [-0.2, 0) is 11.2 Å². The summed E-state index contributed by atoms with van der Waals surface area (Å²) < 4.78 is 0. The topological polar surface area (TPSA) is 58.2 Å². The first kappa shape index (κ1) is 13.6. The normalized spacial score (nSPS) is 13.0. The summed E-state index contributed by atoms with van der Waals surface area (Å²) in [5.41, 5.74) is 2.36. The van der Waals surface area contributed by atoms with Crippen molar-refractivity contribution in [3.63, 3.8) is 0 Å². The van der Waals surface area contributed by atoms with Crippen molar-refractivity contribution in [1.82, 2.24) is 5.32 Å². The maximum atomic E-state index is 11.9. The van der Waals surface area contributed by atoms with Gasteiger partial charge >= 0.3 is 0 Å². The number of nitrogens with one attached hydrogen (secondary N) is 2. The number of carbonyl (C=O) groups is 2. The van der Waals surface area contributed by atoms with E-state index in [1.807, 2.05) is 0 Å². The molecule has 0 saturated carbocycles. The summed E-state index contributed by atoms with van der Waals surface area (Å²) in [5.74, 6) is -0.0641. The van der Waals surface area contributed by atoms with Gasteiger partial charge in [-0.25, -0.2) is 0 Å². The molecule has 0 aliphatic carbocycles. The molecule has 1 aromatic carbocycles. The lowest BCUT2D eigenvalue weighted by atomic mass is 10.1. The second-order valence-corrected chi connectivity index (χ2v) is 4.91. The second kappa shape index (κ2) is 6.36. The van der Waals surface area contributed by atoms with E-state index < -0.39 is 0 Å². The molecule has 1 aliphatic rings. The van der Waals surface area contributed by atoms with E-state index in [0.29, 0.717) is 18.5 Å². The number of hydrogen-bond donors (Lipinski definition) is 2. The van der Waals surface area contributed by atoms with Crippen LogP contribution in [0, 0.1) is 0 Å². The first-order chi connectivity index (χ1) is 9.20. The van der Waals surface area contributed by atoms with Crippen molar-refractivity contribution in [2.45, 2.75) is 39.0 Å². The Morgan fingerprint density at radius 2 is 2.16 bits per heavy atom. The molecule has 2 amide bonds. The van der Waals surface area contributed by atoms with Crippen molar-refractivity contribution in [2.24, 2.45) is 0 Å². The molecule has 2 N–H and O–H groups in total. The molecule has 1 heterocycles. The number of benzene rings is 1. The van der Waals surface area contributed by atoms with Gasteiger partial charge in [-0.3, -0.25) is 9.59 Å². The number of carbonyl (C=O) groups excluding carboxylic acids is 2. The molecule has 0 fully saturated rings. The van der Waals surface area contributed by atoms with Gasteiger partial charge in [-0.2, -0.15) is 0 Å². The van der Waals surface area contributed by atoms with E-state index >= 15 is 0 Å². The van der Waals surface area contributed by atoms with Crippen LogP contribution in [0.15, 0.2) is 18.2 Å². The Bertz CT molecular complexity index is 483. The molecule has 0 radical (unpaired) electrons. The van der Waals surface area contributed by atoms with E-state index in [0.717, 1.165) is 24.1 Å². The van der Waals surface area contributed by atoms with E-state index in [1.54, 1.807) is 18.2 Å². The second-order valence-electron chi connectivity index (χ2n) is 4.91. The van der Waals surface area contributed by atoms with Crippen LogP contribution in [0.2, 0.25) is 0 Å². The summed E-state index contributed by atoms with van der Waals surface area (Å²) >= 11 is 0. The van der Waals surface area contributed by atoms with Crippen LogP contribution in [0.25, 0.3) is 0 Å². The summed E-state index contributed by atoms with van der Waals surface area (Å²) in [4.78, 5) is 23.2. The Morgan fingerprint density at radius 3 is 2.95 bits per heavy atom. The Kier molecular flexibility index (Phi) is 4.55. The van der Waals surface area contributed by atoms with Crippen molar-refractivity contribution >= 4 is 17.5 Å². The van der Waals surface area contributed by atoms with Crippen molar-refractivity contribution in [2.75, 3.05) is 11.9 Å². The monoisotopic (exact) mass is 260 g/mol. The summed E-state index contributed by atoms with van der Waals surface area (Å²) in [6, 6.07) is 5.35. The van der Waals surface area contributed by atoms with Crippen molar-refractivity contribution in [3.8, 4) is 0 Å². The van der Waals surface area contributed by atoms with E-state index in [4.69, 9.17) is 0 Å². The highest BCUT2D eigenvalue weighted by Gasteiger charge is 2.18. The molecule has 0 saturated heterocycles. The van der Waals surface area contributed by atoms with Gasteiger partial charge in [0.2, 0.25) is 5.91 Å². The van der Waals surface area contributed by atoms with E-state index in [9.17, 15) is 9.59 Å². The zero-order valence-electron chi connectivity index (χ0n) is 11.3. The fourth-order valence-electron chi connectivity index (χ4n) is 2.23. The molecule has 0 aromatic heterocycles. The Hall–Kier alpha value is -1.84. The zero-order chi connectivity index (χ0) is 13.7. The average Bonchev–Trinajstić information content (AvgIpc) is 2.77. The van der Waals surface area contributed by atoms with E-state index in [2.05, 4.69) is 17.6 Å². The molecule has 1 aromatic rings. The fraction of sp³-hybridized carbons (Fsp3) is 0.467.